The molecule has 0 aliphatic carbocycles. The van der Waals surface area contributed by atoms with Crippen molar-refractivity contribution in [2.75, 3.05) is 0 Å². The first-order valence-corrected chi connectivity index (χ1v) is 6.35. The van der Waals surface area contributed by atoms with E-state index in [0.717, 1.165) is 0 Å². The third-order valence-corrected chi connectivity index (χ3v) is 3.41. The molecular weight excluding hydrogens is 204 g/mol. The van der Waals surface area contributed by atoms with Crippen molar-refractivity contribution in [3.63, 3.8) is 0 Å². The minimum absolute atomic E-state index is 0.311. The van der Waals surface area contributed by atoms with E-state index in [9.17, 15) is 0 Å². The molecule has 2 unspecified atom stereocenters. The first-order chi connectivity index (χ1) is 7.24. The highest BCUT2D eigenvalue weighted by atomic mass is 35.5. The van der Waals surface area contributed by atoms with Crippen molar-refractivity contribution in [3.05, 3.63) is 35.9 Å². The van der Waals surface area contributed by atoms with Crippen LogP contribution >= 0.6 is 11.6 Å². The molecule has 0 aromatic heterocycles. The Balaban J connectivity index is 2.27. The summed E-state index contributed by atoms with van der Waals surface area (Å²) in [4.78, 5) is 0. The van der Waals surface area contributed by atoms with Gasteiger partial charge in [-0.2, -0.15) is 0 Å². The van der Waals surface area contributed by atoms with E-state index in [4.69, 9.17) is 11.6 Å². The van der Waals surface area contributed by atoms with Gasteiger partial charge in [0.2, 0.25) is 0 Å². The van der Waals surface area contributed by atoms with E-state index in [2.05, 4.69) is 44.2 Å². The van der Waals surface area contributed by atoms with Crippen LogP contribution in [-0.4, -0.2) is 5.38 Å². The molecule has 0 radical (unpaired) electrons. The molecule has 0 bridgehead atoms. The van der Waals surface area contributed by atoms with Crippen LogP contribution in [-0.2, 0) is 6.42 Å². The number of halogens is 1. The summed E-state index contributed by atoms with van der Waals surface area (Å²) in [5.41, 5.74) is 1.44. The SMILES string of the molecule is CCC(CCCc1ccccc1)C(C)Cl. The van der Waals surface area contributed by atoms with Gasteiger partial charge < -0.3 is 0 Å². The lowest BCUT2D eigenvalue weighted by Crippen LogP contribution is -2.10. The molecule has 0 spiro atoms. The third-order valence-electron chi connectivity index (χ3n) is 3.06. The highest BCUT2D eigenvalue weighted by Gasteiger charge is 2.11. The first-order valence-electron chi connectivity index (χ1n) is 5.92. The number of alkyl halides is 1. The van der Waals surface area contributed by atoms with Crippen LogP contribution in [0.2, 0.25) is 0 Å². The van der Waals surface area contributed by atoms with Crippen molar-refractivity contribution in [1.29, 1.82) is 0 Å². The van der Waals surface area contributed by atoms with Crippen LogP contribution in [0.1, 0.15) is 38.7 Å². The fourth-order valence-corrected chi connectivity index (χ4v) is 2.28. The Morgan fingerprint density at radius 1 is 1.20 bits per heavy atom. The van der Waals surface area contributed by atoms with Gasteiger partial charge >= 0.3 is 0 Å². The summed E-state index contributed by atoms with van der Waals surface area (Å²) in [6.45, 7) is 4.34. The molecule has 0 heterocycles. The summed E-state index contributed by atoms with van der Waals surface area (Å²) in [5.74, 6) is 0.676. The first kappa shape index (κ1) is 12.6. The largest absolute Gasteiger partial charge is 0.123 e. The molecule has 84 valence electrons. The van der Waals surface area contributed by atoms with Gasteiger partial charge in [0.05, 0.1) is 0 Å². The average molecular weight is 225 g/mol. The Bertz CT molecular complexity index is 253. The normalized spacial score (nSPS) is 14.9. The van der Waals surface area contributed by atoms with Gasteiger partial charge in [-0.25, -0.2) is 0 Å². The van der Waals surface area contributed by atoms with Crippen molar-refractivity contribution in [2.24, 2.45) is 5.92 Å². The number of hydrogen-bond donors (Lipinski definition) is 0. The zero-order chi connectivity index (χ0) is 11.1. The number of benzene rings is 1. The second-order valence-corrected chi connectivity index (χ2v) is 4.91. The van der Waals surface area contributed by atoms with E-state index in [1.165, 1.54) is 31.2 Å². The topological polar surface area (TPSA) is 0 Å². The molecule has 1 aromatic carbocycles. The van der Waals surface area contributed by atoms with Gasteiger partial charge in [0.15, 0.2) is 0 Å². The minimum atomic E-state index is 0.311. The lowest BCUT2D eigenvalue weighted by atomic mass is 9.95. The molecule has 0 nitrogen and oxygen atoms in total. The monoisotopic (exact) mass is 224 g/mol. The minimum Gasteiger partial charge on any atom is -0.123 e. The van der Waals surface area contributed by atoms with Gasteiger partial charge in [0, 0.05) is 5.38 Å². The van der Waals surface area contributed by atoms with E-state index in [0.29, 0.717) is 11.3 Å². The summed E-state index contributed by atoms with van der Waals surface area (Å²) in [7, 11) is 0. The molecule has 1 rings (SSSR count). The van der Waals surface area contributed by atoms with Gasteiger partial charge in [-0.15, -0.1) is 11.6 Å². The maximum Gasteiger partial charge on any atom is 0.0335 e. The lowest BCUT2D eigenvalue weighted by Gasteiger charge is -2.16. The van der Waals surface area contributed by atoms with E-state index in [1.54, 1.807) is 0 Å². The van der Waals surface area contributed by atoms with E-state index in [1.807, 2.05) is 0 Å². The maximum absolute atomic E-state index is 6.13. The van der Waals surface area contributed by atoms with Crippen molar-refractivity contribution < 1.29 is 0 Å². The van der Waals surface area contributed by atoms with E-state index < -0.39 is 0 Å². The molecule has 0 amide bonds. The Labute approximate surface area is 98.7 Å². The molecule has 2 atom stereocenters. The van der Waals surface area contributed by atoms with Crippen molar-refractivity contribution >= 4 is 11.6 Å². The van der Waals surface area contributed by atoms with Crippen LogP contribution < -0.4 is 0 Å². The van der Waals surface area contributed by atoms with Crippen molar-refractivity contribution in [1.82, 2.24) is 0 Å². The van der Waals surface area contributed by atoms with Gasteiger partial charge in [0.25, 0.3) is 0 Å². The second kappa shape index (κ2) is 6.90. The molecule has 0 saturated heterocycles. The molecule has 1 heteroatoms. The Hall–Kier alpha value is -0.490. The average Bonchev–Trinajstić information content (AvgIpc) is 2.25. The zero-order valence-corrected chi connectivity index (χ0v) is 10.5. The Morgan fingerprint density at radius 2 is 1.87 bits per heavy atom. The van der Waals surface area contributed by atoms with E-state index >= 15 is 0 Å². The van der Waals surface area contributed by atoms with Crippen LogP contribution in [0.5, 0.6) is 0 Å². The standard InChI is InChI=1S/C14H21Cl/c1-3-14(12(2)15)11-7-10-13-8-5-4-6-9-13/h4-6,8-9,12,14H,3,7,10-11H2,1-2H3. The van der Waals surface area contributed by atoms with Gasteiger partial charge in [-0.3, -0.25) is 0 Å². The summed E-state index contributed by atoms with van der Waals surface area (Å²) >= 11 is 6.13. The van der Waals surface area contributed by atoms with Crippen LogP contribution in [0.3, 0.4) is 0 Å². The summed E-state index contributed by atoms with van der Waals surface area (Å²) in [6.07, 6.45) is 4.87. The zero-order valence-electron chi connectivity index (χ0n) is 9.75. The van der Waals surface area contributed by atoms with Crippen LogP contribution in [0.25, 0.3) is 0 Å². The van der Waals surface area contributed by atoms with Gasteiger partial charge in [0.1, 0.15) is 0 Å². The summed E-state index contributed by atoms with van der Waals surface area (Å²) < 4.78 is 0. The molecule has 0 aliphatic heterocycles. The highest BCUT2D eigenvalue weighted by Crippen LogP contribution is 2.21. The Kier molecular flexibility index (Phi) is 5.78. The van der Waals surface area contributed by atoms with Crippen molar-refractivity contribution in [2.45, 2.75) is 44.9 Å². The lowest BCUT2D eigenvalue weighted by molar-refractivity contribution is 0.447. The van der Waals surface area contributed by atoms with Gasteiger partial charge in [-0.05, 0) is 37.7 Å². The summed E-state index contributed by atoms with van der Waals surface area (Å²) in [6, 6.07) is 10.7. The number of aryl methyl sites for hydroxylation is 1. The molecule has 0 N–H and O–H groups in total. The Morgan fingerprint density at radius 3 is 2.40 bits per heavy atom. The predicted octanol–water partition coefficient (Wildman–Crippen LogP) is 4.66. The molecule has 0 saturated carbocycles. The van der Waals surface area contributed by atoms with E-state index in [-0.39, 0.29) is 0 Å². The third kappa shape index (κ3) is 4.70. The van der Waals surface area contributed by atoms with Crippen LogP contribution in [0, 0.1) is 5.92 Å². The maximum atomic E-state index is 6.13. The predicted molar refractivity (Wildman–Crippen MR) is 68.5 cm³/mol. The fraction of sp³-hybridized carbons (Fsp3) is 0.571. The van der Waals surface area contributed by atoms with Crippen LogP contribution in [0.15, 0.2) is 30.3 Å². The summed E-state index contributed by atoms with van der Waals surface area (Å²) in [5, 5.41) is 0.311. The number of rotatable bonds is 6. The van der Waals surface area contributed by atoms with Crippen LogP contribution in [0.4, 0.5) is 0 Å². The van der Waals surface area contributed by atoms with Gasteiger partial charge in [-0.1, -0.05) is 43.7 Å². The molecule has 0 aliphatic rings. The van der Waals surface area contributed by atoms with Crippen molar-refractivity contribution in [3.8, 4) is 0 Å². The number of hydrogen-bond acceptors (Lipinski definition) is 0. The second-order valence-electron chi connectivity index (χ2n) is 4.22. The molecule has 0 fully saturated rings. The molecule has 15 heavy (non-hydrogen) atoms. The molecule has 1 aromatic rings. The quantitative estimate of drug-likeness (QED) is 0.617. The highest BCUT2D eigenvalue weighted by molar-refractivity contribution is 6.20. The smallest absolute Gasteiger partial charge is 0.0335 e. The molecular formula is C14H21Cl. The fourth-order valence-electron chi connectivity index (χ4n) is 1.97.